The van der Waals surface area contributed by atoms with E-state index in [1.165, 1.54) is 10.9 Å². The van der Waals surface area contributed by atoms with E-state index in [4.69, 9.17) is 5.73 Å². The SMILES string of the molecule is CNC(=O)Cn1cc(NC(=O)C(CN)CC(C)(C)C)cn1. The lowest BCUT2D eigenvalue weighted by Crippen LogP contribution is -2.32. The molecule has 0 saturated carbocycles. The van der Waals surface area contributed by atoms with E-state index in [0.717, 1.165) is 0 Å². The Bertz CT molecular complexity index is 490. The fraction of sp³-hybridized carbons (Fsp3) is 0.643. The number of amides is 2. The van der Waals surface area contributed by atoms with Crippen LogP contribution < -0.4 is 16.4 Å². The van der Waals surface area contributed by atoms with Gasteiger partial charge in [-0.1, -0.05) is 20.8 Å². The predicted molar refractivity (Wildman–Crippen MR) is 81.5 cm³/mol. The van der Waals surface area contributed by atoms with Gasteiger partial charge in [0, 0.05) is 19.8 Å². The number of nitrogens with two attached hydrogens (primary N) is 1. The number of nitrogens with one attached hydrogen (secondary N) is 2. The Morgan fingerprint density at radius 1 is 1.43 bits per heavy atom. The first-order valence-corrected chi connectivity index (χ1v) is 6.99. The molecule has 0 spiro atoms. The molecule has 1 atom stereocenters. The highest BCUT2D eigenvalue weighted by molar-refractivity contribution is 5.92. The Morgan fingerprint density at radius 2 is 2.10 bits per heavy atom. The van der Waals surface area contributed by atoms with Gasteiger partial charge in [-0.15, -0.1) is 0 Å². The first-order valence-electron chi connectivity index (χ1n) is 6.99. The van der Waals surface area contributed by atoms with Gasteiger partial charge in [0.15, 0.2) is 0 Å². The van der Waals surface area contributed by atoms with Crippen molar-refractivity contribution in [3.8, 4) is 0 Å². The summed E-state index contributed by atoms with van der Waals surface area (Å²) >= 11 is 0. The van der Waals surface area contributed by atoms with Crippen molar-refractivity contribution in [1.29, 1.82) is 0 Å². The molecule has 0 aliphatic rings. The molecule has 21 heavy (non-hydrogen) atoms. The van der Waals surface area contributed by atoms with E-state index in [9.17, 15) is 9.59 Å². The second-order valence-corrected chi connectivity index (χ2v) is 6.29. The van der Waals surface area contributed by atoms with E-state index >= 15 is 0 Å². The van der Waals surface area contributed by atoms with Gasteiger partial charge in [0.05, 0.1) is 17.8 Å². The van der Waals surface area contributed by atoms with Crippen LogP contribution in [0.3, 0.4) is 0 Å². The summed E-state index contributed by atoms with van der Waals surface area (Å²) in [6, 6.07) is 0. The van der Waals surface area contributed by atoms with Crippen molar-refractivity contribution >= 4 is 17.5 Å². The number of hydrogen-bond donors (Lipinski definition) is 3. The zero-order valence-electron chi connectivity index (χ0n) is 13.1. The molecule has 0 aliphatic heterocycles. The zero-order chi connectivity index (χ0) is 16.0. The van der Waals surface area contributed by atoms with Crippen LogP contribution in [0.2, 0.25) is 0 Å². The summed E-state index contributed by atoms with van der Waals surface area (Å²) in [6.07, 6.45) is 3.85. The largest absolute Gasteiger partial charge is 0.358 e. The van der Waals surface area contributed by atoms with Crippen molar-refractivity contribution in [3.05, 3.63) is 12.4 Å². The van der Waals surface area contributed by atoms with Crippen LogP contribution in [0, 0.1) is 11.3 Å². The van der Waals surface area contributed by atoms with Crippen LogP contribution in [0.15, 0.2) is 12.4 Å². The first kappa shape index (κ1) is 17.2. The standard InChI is InChI=1S/C14H25N5O2/c1-14(2,3)5-10(6-15)13(21)18-11-7-17-19(8-11)9-12(20)16-4/h7-8,10H,5-6,9,15H2,1-4H3,(H,16,20)(H,18,21). The molecule has 1 aromatic heterocycles. The summed E-state index contributed by atoms with van der Waals surface area (Å²) in [5, 5.41) is 9.33. The second-order valence-electron chi connectivity index (χ2n) is 6.29. The van der Waals surface area contributed by atoms with Gasteiger partial charge in [-0.3, -0.25) is 14.3 Å². The van der Waals surface area contributed by atoms with Crippen molar-refractivity contribution < 1.29 is 9.59 Å². The highest BCUT2D eigenvalue weighted by Crippen LogP contribution is 2.24. The zero-order valence-corrected chi connectivity index (χ0v) is 13.1. The van der Waals surface area contributed by atoms with Crippen LogP contribution >= 0.6 is 0 Å². The van der Waals surface area contributed by atoms with Crippen molar-refractivity contribution in [1.82, 2.24) is 15.1 Å². The summed E-state index contributed by atoms with van der Waals surface area (Å²) in [4.78, 5) is 23.4. The third kappa shape index (κ3) is 5.95. The Morgan fingerprint density at radius 3 is 2.62 bits per heavy atom. The maximum Gasteiger partial charge on any atom is 0.241 e. The third-order valence-electron chi connectivity index (χ3n) is 3.00. The van der Waals surface area contributed by atoms with Gasteiger partial charge in [-0.25, -0.2) is 0 Å². The first-order chi connectivity index (χ1) is 9.75. The third-order valence-corrected chi connectivity index (χ3v) is 3.00. The van der Waals surface area contributed by atoms with Crippen LogP contribution in [-0.2, 0) is 16.1 Å². The molecule has 0 saturated heterocycles. The molecular weight excluding hydrogens is 270 g/mol. The van der Waals surface area contributed by atoms with Crippen molar-refractivity contribution in [3.63, 3.8) is 0 Å². The summed E-state index contributed by atoms with van der Waals surface area (Å²) in [5.41, 5.74) is 6.29. The fourth-order valence-electron chi connectivity index (χ4n) is 2.01. The molecule has 1 heterocycles. The summed E-state index contributed by atoms with van der Waals surface area (Å²) in [6.45, 7) is 6.64. The Kier molecular flexibility index (Phi) is 5.90. The number of likely N-dealkylation sites (N-methyl/N-ethyl adjacent to an activating group) is 1. The van der Waals surface area contributed by atoms with Gasteiger partial charge in [0.2, 0.25) is 11.8 Å². The molecule has 0 radical (unpaired) electrons. The number of carbonyl (C=O) groups is 2. The van der Waals surface area contributed by atoms with Gasteiger partial charge in [-0.05, 0) is 11.8 Å². The fourth-order valence-corrected chi connectivity index (χ4v) is 2.01. The van der Waals surface area contributed by atoms with E-state index < -0.39 is 0 Å². The maximum absolute atomic E-state index is 12.2. The minimum atomic E-state index is -0.243. The molecule has 4 N–H and O–H groups in total. The minimum Gasteiger partial charge on any atom is -0.358 e. The van der Waals surface area contributed by atoms with E-state index in [1.54, 1.807) is 13.2 Å². The molecule has 0 aliphatic carbocycles. The van der Waals surface area contributed by atoms with Crippen LogP contribution in [0.5, 0.6) is 0 Å². The smallest absolute Gasteiger partial charge is 0.241 e. The predicted octanol–water partition coefficient (Wildman–Crippen LogP) is 0.579. The molecule has 0 fully saturated rings. The summed E-state index contributed by atoms with van der Waals surface area (Å²) in [7, 11) is 1.56. The highest BCUT2D eigenvalue weighted by atomic mass is 16.2. The van der Waals surface area contributed by atoms with Gasteiger partial charge in [0.25, 0.3) is 0 Å². The van der Waals surface area contributed by atoms with Crippen LogP contribution in [0.25, 0.3) is 0 Å². The van der Waals surface area contributed by atoms with Crippen LogP contribution in [0.4, 0.5) is 5.69 Å². The Labute approximate surface area is 125 Å². The minimum absolute atomic E-state index is 0.0325. The molecule has 0 aromatic carbocycles. The Hall–Kier alpha value is -1.89. The number of rotatable bonds is 6. The molecular formula is C14H25N5O2. The molecule has 1 aromatic rings. The molecule has 1 unspecified atom stereocenters. The molecule has 0 bridgehead atoms. The lowest BCUT2D eigenvalue weighted by atomic mass is 9.84. The highest BCUT2D eigenvalue weighted by Gasteiger charge is 2.24. The number of nitrogens with zero attached hydrogens (tertiary/aromatic N) is 2. The van der Waals surface area contributed by atoms with Crippen LogP contribution in [-0.4, -0.2) is 35.2 Å². The second kappa shape index (κ2) is 7.21. The number of carbonyl (C=O) groups excluding carboxylic acids is 2. The van der Waals surface area contributed by atoms with Crippen molar-refractivity contribution in [2.75, 3.05) is 18.9 Å². The molecule has 118 valence electrons. The number of hydrogen-bond acceptors (Lipinski definition) is 4. The lowest BCUT2D eigenvalue weighted by molar-refractivity contribution is -0.121. The topological polar surface area (TPSA) is 102 Å². The van der Waals surface area contributed by atoms with E-state index in [0.29, 0.717) is 18.7 Å². The average Bonchev–Trinajstić information content (AvgIpc) is 2.81. The van der Waals surface area contributed by atoms with E-state index in [1.807, 2.05) is 0 Å². The molecule has 7 heteroatoms. The van der Waals surface area contributed by atoms with Gasteiger partial charge in [0.1, 0.15) is 6.54 Å². The lowest BCUT2D eigenvalue weighted by Gasteiger charge is -2.24. The van der Waals surface area contributed by atoms with E-state index in [-0.39, 0.29) is 29.7 Å². The van der Waals surface area contributed by atoms with Gasteiger partial charge >= 0.3 is 0 Å². The normalized spacial score (nSPS) is 12.8. The van der Waals surface area contributed by atoms with Gasteiger partial charge in [-0.2, -0.15) is 5.10 Å². The summed E-state index contributed by atoms with van der Waals surface area (Å²) in [5.74, 6) is -0.511. The van der Waals surface area contributed by atoms with Crippen LogP contribution in [0.1, 0.15) is 27.2 Å². The number of anilines is 1. The number of aromatic nitrogens is 2. The summed E-state index contributed by atoms with van der Waals surface area (Å²) < 4.78 is 1.47. The molecule has 2 amide bonds. The average molecular weight is 295 g/mol. The molecule has 7 nitrogen and oxygen atoms in total. The quantitative estimate of drug-likeness (QED) is 0.714. The van der Waals surface area contributed by atoms with Crippen molar-refractivity contribution in [2.24, 2.45) is 17.1 Å². The monoisotopic (exact) mass is 295 g/mol. The maximum atomic E-state index is 12.2. The Balaban J connectivity index is 2.63. The van der Waals surface area contributed by atoms with E-state index in [2.05, 4.69) is 36.5 Å². The molecule has 1 rings (SSSR count). The van der Waals surface area contributed by atoms with Gasteiger partial charge < -0.3 is 16.4 Å². The van der Waals surface area contributed by atoms with Crippen molar-refractivity contribution in [2.45, 2.75) is 33.7 Å².